The van der Waals surface area contributed by atoms with Crippen molar-refractivity contribution in [1.29, 1.82) is 0 Å². The second-order valence-corrected chi connectivity index (χ2v) is 4.87. The third-order valence-corrected chi connectivity index (χ3v) is 3.90. The van der Waals surface area contributed by atoms with Gasteiger partial charge in [0.05, 0.1) is 0 Å². The highest BCUT2D eigenvalue weighted by atomic mass is 16.5. The summed E-state index contributed by atoms with van der Waals surface area (Å²) < 4.78 is 5.37. The van der Waals surface area contributed by atoms with Gasteiger partial charge in [-0.2, -0.15) is 0 Å². The molecule has 0 bridgehead atoms. The van der Waals surface area contributed by atoms with Crippen molar-refractivity contribution in [3.8, 4) is 0 Å². The van der Waals surface area contributed by atoms with Crippen LogP contribution in [0.2, 0.25) is 0 Å². The second-order valence-electron chi connectivity index (χ2n) is 4.87. The molecule has 14 heavy (non-hydrogen) atoms. The smallest absolute Gasteiger partial charge is 0.0469 e. The van der Waals surface area contributed by atoms with Gasteiger partial charge in [0.15, 0.2) is 0 Å². The molecule has 2 fully saturated rings. The number of nitrogens with two attached hydrogens (primary N) is 1. The van der Waals surface area contributed by atoms with Crippen molar-refractivity contribution in [2.75, 3.05) is 26.8 Å². The van der Waals surface area contributed by atoms with E-state index in [1.807, 2.05) is 7.05 Å². The van der Waals surface area contributed by atoms with Crippen LogP contribution >= 0.6 is 0 Å². The molecule has 0 radical (unpaired) electrons. The Kier molecular flexibility index (Phi) is 3.10. The van der Waals surface area contributed by atoms with Crippen molar-refractivity contribution in [3.05, 3.63) is 0 Å². The molecule has 0 aromatic rings. The van der Waals surface area contributed by atoms with E-state index in [0.29, 0.717) is 17.4 Å². The van der Waals surface area contributed by atoms with Crippen molar-refractivity contribution in [2.24, 2.45) is 17.1 Å². The third kappa shape index (κ3) is 1.95. The molecule has 1 heterocycles. The molecule has 82 valence electrons. The average molecular weight is 198 g/mol. The first kappa shape index (κ1) is 10.4. The molecular weight excluding hydrogens is 176 g/mol. The van der Waals surface area contributed by atoms with Crippen LogP contribution in [0.15, 0.2) is 0 Å². The summed E-state index contributed by atoms with van der Waals surface area (Å²) in [5, 5.41) is 3.28. The fraction of sp³-hybridized carbons (Fsp3) is 1.00. The lowest BCUT2D eigenvalue weighted by atomic mass is 9.82. The van der Waals surface area contributed by atoms with Gasteiger partial charge in [-0.1, -0.05) is 0 Å². The van der Waals surface area contributed by atoms with Crippen LogP contribution in [-0.2, 0) is 4.74 Å². The van der Waals surface area contributed by atoms with Crippen molar-refractivity contribution in [3.63, 3.8) is 0 Å². The average Bonchev–Trinajstić information content (AvgIpc) is 3.00. The number of hydrogen-bond donors (Lipinski definition) is 2. The molecule has 1 unspecified atom stereocenters. The Morgan fingerprint density at radius 1 is 1.43 bits per heavy atom. The largest absolute Gasteiger partial charge is 0.381 e. The van der Waals surface area contributed by atoms with Crippen LogP contribution in [0.25, 0.3) is 0 Å². The molecule has 3 nitrogen and oxygen atoms in total. The van der Waals surface area contributed by atoms with Gasteiger partial charge in [-0.25, -0.2) is 0 Å². The lowest BCUT2D eigenvalue weighted by molar-refractivity contribution is 0.0487. The first-order valence-corrected chi connectivity index (χ1v) is 5.76. The van der Waals surface area contributed by atoms with E-state index in [9.17, 15) is 0 Å². The van der Waals surface area contributed by atoms with Crippen molar-refractivity contribution < 1.29 is 4.74 Å². The van der Waals surface area contributed by atoms with Crippen LogP contribution in [0.3, 0.4) is 0 Å². The van der Waals surface area contributed by atoms with E-state index in [1.165, 1.54) is 12.8 Å². The maximum Gasteiger partial charge on any atom is 0.0469 e. The van der Waals surface area contributed by atoms with Crippen LogP contribution in [-0.4, -0.2) is 32.8 Å². The Hall–Kier alpha value is -0.120. The lowest BCUT2D eigenvalue weighted by Crippen LogP contribution is -2.45. The van der Waals surface area contributed by atoms with Crippen molar-refractivity contribution >= 4 is 0 Å². The first-order chi connectivity index (χ1) is 6.78. The zero-order valence-electron chi connectivity index (χ0n) is 9.09. The predicted octanol–water partition coefficient (Wildman–Crippen LogP) is 0.740. The van der Waals surface area contributed by atoms with Gasteiger partial charge in [0.1, 0.15) is 0 Å². The van der Waals surface area contributed by atoms with E-state index in [-0.39, 0.29) is 0 Å². The number of hydrogen-bond acceptors (Lipinski definition) is 3. The zero-order chi connectivity index (χ0) is 10.0. The van der Waals surface area contributed by atoms with Gasteiger partial charge in [-0.3, -0.25) is 0 Å². The van der Waals surface area contributed by atoms with Gasteiger partial charge in [0, 0.05) is 25.8 Å². The molecule has 1 aliphatic carbocycles. The fourth-order valence-corrected chi connectivity index (χ4v) is 2.72. The molecule has 0 amide bonds. The summed E-state index contributed by atoms with van der Waals surface area (Å²) >= 11 is 0. The van der Waals surface area contributed by atoms with E-state index in [2.05, 4.69) is 5.32 Å². The van der Waals surface area contributed by atoms with Crippen LogP contribution in [0.1, 0.15) is 25.7 Å². The van der Waals surface area contributed by atoms with Crippen molar-refractivity contribution in [2.45, 2.75) is 31.7 Å². The molecule has 1 saturated carbocycles. The molecular formula is C11H22N2O. The summed E-state index contributed by atoms with van der Waals surface area (Å²) in [6.07, 6.45) is 4.94. The monoisotopic (exact) mass is 198 g/mol. The predicted molar refractivity (Wildman–Crippen MR) is 57.1 cm³/mol. The van der Waals surface area contributed by atoms with Crippen LogP contribution < -0.4 is 11.1 Å². The van der Waals surface area contributed by atoms with Crippen LogP contribution in [0, 0.1) is 11.3 Å². The standard InChI is InChI=1S/C11H22N2O/c1-13-8-11(4-5-11)10(12)9-2-6-14-7-3-9/h9-10,13H,2-8,12H2,1H3. The lowest BCUT2D eigenvalue weighted by Gasteiger charge is -2.33. The number of rotatable bonds is 4. The van der Waals surface area contributed by atoms with E-state index < -0.39 is 0 Å². The Labute approximate surface area is 86.4 Å². The number of ether oxygens (including phenoxy) is 1. The van der Waals surface area contributed by atoms with E-state index in [4.69, 9.17) is 10.5 Å². The van der Waals surface area contributed by atoms with E-state index in [0.717, 1.165) is 32.6 Å². The topological polar surface area (TPSA) is 47.3 Å². The minimum atomic E-state index is 0.388. The normalized spacial score (nSPS) is 28.7. The summed E-state index contributed by atoms with van der Waals surface area (Å²) in [6.45, 7) is 2.91. The molecule has 1 atom stereocenters. The molecule has 3 N–H and O–H groups in total. The summed E-state index contributed by atoms with van der Waals surface area (Å²) in [7, 11) is 2.02. The van der Waals surface area contributed by atoms with Crippen LogP contribution in [0.4, 0.5) is 0 Å². The molecule has 2 aliphatic rings. The zero-order valence-corrected chi connectivity index (χ0v) is 9.09. The SMILES string of the molecule is CNCC1(C(N)C2CCOCC2)CC1. The highest BCUT2D eigenvalue weighted by Crippen LogP contribution is 2.50. The molecule has 1 saturated heterocycles. The highest BCUT2D eigenvalue weighted by Gasteiger charge is 2.49. The minimum Gasteiger partial charge on any atom is -0.381 e. The maximum atomic E-state index is 6.38. The third-order valence-electron chi connectivity index (χ3n) is 3.90. The molecule has 2 rings (SSSR count). The Morgan fingerprint density at radius 3 is 2.57 bits per heavy atom. The number of nitrogens with one attached hydrogen (secondary N) is 1. The molecule has 0 aromatic carbocycles. The Morgan fingerprint density at radius 2 is 2.07 bits per heavy atom. The second kappa shape index (κ2) is 4.17. The first-order valence-electron chi connectivity index (χ1n) is 5.76. The molecule has 3 heteroatoms. The quantitative estimate of drug-likeness (QED) is 0.700. The fourth-order valence-electron chi connectivity index (χ4n) is 2.72. The van der Waals surface area contributed by atoms with E-state index in [1.54, 1.807) is 0 Å². The molecule has 1 aliphatic heterocycles. The summed E-state index contributed by atoms with van der Waals surface area (Å²) in [5.74, 6) is 0.694. The maximum absolute atomic E-state index is 6.38. The van der Waals surface area contributed by atoms with Gasteiger partial charge >= 0.3 is 0 Å². The molecule has 0 spiro atoms. The highest BCUT2D eigenvalue weighted by molar-refractivity contribution is 5.04. The summed E-state index contributed by atoms with van der Waals surface area (Å²) in [4.78, 5) is 0. The van der Waals surface area contributed by atoms with Gasteiger partial charge < -0.3 is 15.8 Å². The minimum absolute atomic E-state index is 0.388. The van der Waals surface area contributed by atoms with E-state index >= 15 is 0 Å². The van der Waals surface area contributed by atoms with Crippen molar-refractivity contribution in [1.82, 2.24) is 5.32 Å². The Bertz CT molecular complexity index is 186. The van der Waals surface area contributed by atoms with Gasteiger partial charge in [-0.15, -0.1) is 0 Å². The summed E-state index contributed by atoms with van der Waals surface area (Å²) in [6, 6.07) is 0.388. The van der Waals surface area contributed by atoms with Gasteiger partial charge in [0.2, 0.25) is 0 Å². The van der Waals surface area contributed by atoms with Crippen LogP contribution in [0.5, 0.6) is 0 Å². The Balaban J connectivity index is 1.89. The van der Waals surface area contributed by atoms with Gasteiger partial charge in [0.25, 0.3) is 0 Å². The van der Waals surface area contributed by atoms with Gasteiger partial charge in [-0.05, 0) is 44.1 Å². The summed E-state index contributed by atoms with van der Waals surface area (Å²) in [5.41, 5.74) is 6.81. The molecule has 0 aromatic heterocycles.